The third kappa shape index (κ3) is 6.26. The van der Waals surface area contributed by atoms with E-state index in [1.807, 2.05) is 27.7 Å². The van der Waals surface area contributed by atoms with E-state index >= 15 is 0 Å². The molecule has 1 aromatic rings. The third-order valence-electron chi connectivity index (χ3n) is 4.87. The van der Waals surface area contributed by atoms with Crippen molar-refractivity contribution in [2.75, 3.05) is 6.61 Å². The lowest BCUT2D eigenvalue weighted by Crippen LogP contribution is -2.25. The van der Waals surface area contributed by atoms with E-state index < -0.39 is 23.8 Å². The zero-order valence-corrected chi connectivity index (χ0v) is 17.2. The fourth-order valence-corrected chi connectivity index (χ4v) is 3.52. The molecule has 5 heteroatoms. The lowest BCUT2D eigenvalue weighted by atomic mass is 9.78. The summed E-state index contributed by atoms with van der Waals surface area (Å²) in [6.07, 6.45) is 4.21. The number of hydrogen-bond acceptors (Lipinski definition) is 3. The highest BCUT2D eigenvalue weighted by molar-refractivity contribution is 5.82. The second-order valence-electron chi connectivity index (χ2n) is 7.79. The first-order valence-electron chi connectivity index (χ1n) is 9.93. The minimum absolute atomic E-state index is 0.164. The van der Waals surface area contributed by atoms with Crippen LogP contribution in [0.25, 0.3) is 0 Å². The number of unbranched alkanes of at least 4 members (excludes halogenated alkanes) is 3. The molecule has 0 radical (unpaired) electrons. The molecule has 0 aromatic heterocycles. The molecule has 27 heavy (non-hydrogen) atoms. The monoisotopic (exact) mass is 378 g/mol. The van der Waals surface area contributed by atoms with Crippen LogP contribution in [0.15, 0.2) is 18.2 Å². The van der Waals surface area contributed by atoms with E-state index in [1.165, 1.54) is 0 Å². The molecule has 0 bridgehead atoms. The van der Waals surface area contributed by atoms with E-state index in [9.17, 15) is 19.8 Å². The van der Waals surface area contributed by atoms with Crippen molar-refractivity contribution in [2.24, 2.45) is 11.8 Å². The number of benzene rings is 1. The van der Waals surface area contributed by atoms with Crippen LogP contribution in [0.3, 0.4) is 0 Å². The minimum Gasteiger partial charge on any atom is -0.493 e. The number of aliphatic carboxylic acids is 2. The second kappa shape index (κ2) is 11.0. The summed E-state index contributed by atoms with van der Waals surface area (Å²) in [6.45, 7) is 10.00. The Morgan fingerprint density at radius 3 is 2.00 bits per heavy atom. The number of hydrogen-bond donors (Lipinski definition) is 2. The summed E-state index contributed by atoms with van der Waals surface area (Å²) in [5.74, 6) is -3.34. The van der Waals surface area contributed by atoms with Gasteiger partial charge in [0.2, 0.25) is 0 Å². The van der Waals surface area contributed by atoms with Gasteiger partial charge in [0, 0.05) is 5.56 Å². The van der Waals surface area contributed by atoms with Crippen molar-refractivity contribution in [2.45, 2.75) is 72.1 Å². The maximum absolute atomic E-state index is 12.0. The van der Waals surface area contributed by atoms with Crippen molar-refractivity contribution in [1.82, 2.24) is 0 Å². The third-order valence-corrected chi connectivity index (χ3v) is 4.87. The highest BCUT2D eigenvalue weighted by Crippen LogP contribution is 2.40. The molecular weight excluding hydrogens is 344 g/mol. The maximum Gasteiger partial charge on any atom is 0.311 e. The Morgan fingerprint density at radius 2 is 1.52 bits per heavy atom. The Bertz CT molecular complexity index is 621. The highest BCUT2D eigenvalue weighted by atomic mass is 16.5. The normalized spacial score (nSPS) is 13.6. The van der Waals surface area contributed by atoms with Gasteiger partial charge in [0.15, 0.2) is 0 Å². The lowest BCUT2D eigenvalue weighted by molar-refractivity contribution is -0.141. The molecule has 0 amide bonds. The minimum atomic E-state index is -0.957. The van der Waals surface area contributed by atoms with Gasteiger partial charge in [-0.2, -0.15) is 0 Å². The molecule has 0 heterocycles. The molecule has 5 nitrogen and oxygen atoms in total. The Kier molecular flexibility index (Phi) is 9.33. The zero-order chi connectivity index (χ0) is 20.6. The van der Waals surface area contributed by atoms with Gasteiger partial charge in [0.05, 0.1) is 18.4 Å². The van der Waals surface area contributed by atoms with Crippen LogP contribution in [0.2, 0.25) is 0 Å². The van der Waals surface area contributed by atoms with Crippen molar-refractivity contribution in [1.29, 1.82) is 0 Å². The fraction of sp³-hybridized carbons (Fsp3) is 0.636. The van der Waals surface area contributed by atoms with Crippen LogP contribution in [0, 0.1) is 11.8 Å². The van der Waals surface area contributed by atoms with Crippen molar-refractivity contribution in [3.8, 4) is 5.75 Å². The molecule has 152 valence electrons. The molecule has 0 aliphatic carbocycles. The molecule has 1 rings (SSSR count). The summed E-state index contributed by atoms with van der Waals surface area (Å²) in [5, 5.41) is 19.6. The van der Waals surface area contributed by atoms with Gasteiger partial charge in [-0.05, 0) is 29.9 Å². The fourth-order valence-electron chi connectivity index (χ4n) is 3.52. The molecule has 0 saturated carbocycles. The molecule has 0 aliphatic heterocycles. The Labute approximate surface area is 162 Å². The van der Waals surface area contributed by atoms with E-state index in [0.717, 1.165) is 25.7 Å². The van der Waals surface area contributed by atoms with Crippen LogP contribution >= 0.6 is 0 Å². The van der Waals surface area contributed by atoms with Crippen molar-refractivity contribution in [3.05, 3.63) is 29.3 Å². The molecule has 2 unspecified atom stereocenters. The van der Waals surface area contributed by atoms with Gasteiger partial charge in [-0.1, -0.05) is 66.0 Å². The summed E-state index contributed by atoms with van der Waals surface area (Å²) in [7, 11) is 0. The largest absolute Gasteiger partial charge is 0.493 e. The summed E-state index contributed by atoms with van der Waals surface area (Å²) in [6, 6.07) is 5.25. The molecule has 2 atom stereocenters. The van der Waals surface area contributed by atoms with E-state index in [2.05, 4.69) is 6.92 Å². The SMILES string of the molecule is CCCCCCOc1cccc(C(C(=O)O)C(C)C)c1C(C(=O)O)C(C)C. The number of ether oxygens (including phenoxy) is 1. The van der Waals surface area contributed by atoms with Gasteiger partial charge in [-0.15, -0.1) is 0 Å². The first kappa shape index (κ1) is 23.0. The smallest absolute Gasteiger partial charge is 0.311 e. The van der Waals surface area contributed by atoms with Gasteiger partial charge >= 0.3 is 11.9 Å². The molecule has 0 saturated heterocycles. The summed E-state index contributed by atoms with van der Waals surface area (Å²) >= 11 is 0. The molecular formula is C22H34O5. The van der Waals surface area contributed by atoms with Crippen LogP contribution in [0.1, 0.15) is 83.3 Å². The standard InChI is InChI=1S/C22H34O5/c1-6-7-8-9-13-27-17-12-10-11-16(18(14(2)3)21(23)24)20(17)19(15(4)5)22(25)26/h10-12,14-15,18-19H,6-9,13H2,1-5H3,(H,23,24)(H,25,26). The van der Waals surface area contributed by atoms with Gasteiger partial charge in [0.1, 0.15) is 5.75 Å². The van der Waals surface area contributed by atoms with Crippen molar-refractivity contribution >= 4 is 11.9 Å². The average Bonchev–Trinajstić information content (AvgIpc) is 2.55. The van der Waals surface area contributed by atoms with Gasteiger partial charge in [-0.25, -0.2) is 0 Å². The first-order chi connectivity index (χ1) is 12.7. The topological polar surface area (TPSA) is 83.8 Å². The molecule has 0 fully saturated rings. The average molecular weight is 379 g/mol. The number of carbonyl (C=O) groups is 2. The van der Waals surface area contributed by atoms with Crippen LogP contribution in [0.5, 0.6) is 5.75 Å². The predicted molar refractivity (Wildman–Crippen MR) is 107 cm³/mol. The van der Waals surface area contributed by atoms with Crippen LogP contribution in [0.4, 0.5) is 0 Å². The lowest BCUT2D eigenvalue weighted by Gasteiger charge is -2.27. The van der Waals surface area contributed by atoms with Crippen LogP contribution in [-0.4, -0.2) is 28.8 Å². The molecule has 1 aromatic carbocycles. The summed E-state index contributed by atoms with van der Waals surface area (Å²) in [4.78, 5) is 23.9. The number of carboxylic acids is 2. The van der Waals surface area contributed by atoms with Crippen molar-refractivity contribution < 1.29 is 24.5 Å². The van der Waals surface area contributed by atoms with Crippen LogP contribution in [-0.2, 0) is 9.59 Å². The quantitative estimate of drug-likeness (QED) is 0.483. The van der Waals surface area contributed by atoms with Crippen LogP contribution < -0.4 is 4.74 Å². The molecule has 2 N–H and O–H groups in total. The van der Waals surface area contributed by atoms with E-state index in [0.29, 0.717) is 23.5 Å². The highest BCUT2D eigenvalue weighted by Gasteiger charge is 2.35. The maximum atomic E-state index is 12.0. The van der Waals surface area contributed by atoms with Crippen molar-refractivity contribution in [3.63, 3.8) is 0 Å². The molecule has 0 aliphatic rings. The van der Waals surface area contributed by atoms with E-state index in [4.69, 9.17) is 4.74 Å². The van der Waals surface area contributed by atoms with Gasteiger partial charge in [0.25, 0.3) is 0 Å². The molecule has 0 spiro atoms. The Hall–Kier alpha value is -2.04. The van der Waals surface area contributed by atoms with Gasteiger partial charge in [-0.3, -0.25) is 9.59 Å². The predicted octanol–water partition coefficient (Wildman–Crippen LogP) is 5.29. The summed E-state index contributed by atoms with van der Waals surface area (Å²) < 4.78 is 5.96. The number of rotatable bonds is 12. The Morgan fingerprint density at radius 1 is 0.926 bits per heavy atom. The summed E-state index contributed by atoms with van der Waals surface area (Å²) in [5.41, 5.74) is 1.06. The number of carboxylic acid groups (broad SMARTS) is 2. The first-order valence-corrected chi connectivity index (χ1v) is 9.93. The second-order valence-corrected chi connectivity index (χ2v) is 7.79. The van der Waals surface area contributed by atoms with Gasteiger partial charge < -0.3 is 14.9 Å². The van der Waals surface area contributed by atoms with E-state index in [-0.39, 0.29) is 11.8 Å². The zero-order valence-electron chi connectivity index (χ0n) is 17.2. The van der Waals surface area contributed by atoms with E-state index in [1.54, 1.807) is 18.2 Å². The Balaban J connectivity index is 3.39.